The lowest BCUT2D eigenvalue weighted by Gasteiger charge is -2.05. The standard InChI is InChI=1S/C15H18N4O2/c1-10(16-17-15(20)21-4)14-11(2)18-19(12(14)3)13-8-6-5-7-9-13/h5-9H,1-4H3,(H,17,20)/b16-10-. The zero-order valence-electron chi connectivity index (χ0n) is 12.5. The molecule has 6 nitrogen and oxygen atoms in total. The number of rotatable bonds is 3. The van der Waals surface area contributed by atoms with Gasteiger partial charge in [-0.1, -0.05) is 18.2 Å². The number of carbonyl (C=O) groups is 1. The quantitative estimate of drug-likeness (QED) is 0.696. The Labute approximate surface area is 123 Å². The van der Waals surface area contributed by atoms with E-state index in [1.807, 2.05) is 55.8 Å². The Morgan fingerprint density at radius 2 is 1.95 bits per heavy atom. The van der Waals surface area contributed by atoms with Gasteiger partial charge in [-0.25, -0.2) is 14.9 Å². The number of methoxy groups -OCH3 is 1. The van der Waals surface area contributed by atoms with Crippen molar-refractivity contribution in [3.8, 4) is 5.69 Å². The number of nitrogens with one attached hydrogen (secondary N) is 1. The van der Waals surface area contributed by atoms with E-state index in [1.165, 1.54) is 7.11 Å². The van der Waals surface area contributed by atoms with Crippen LogP contribution < -0.4 is 5.43 Å². The van der Waals surface area contributed by atoms with Gasteiger partial charge in [0, 0.05) is 5.56 Å². The van der Waals surface area contributed by atoms with E-state index in [0.29, 0.717) is 5.71 Å². The van der Waals surface area contributed by atoms with Crippen molar-refractivity contribution in [2.45, 2.75) is 20.8 Å². The van der Waals surface area contributed by atoms with Gasteiger partial charge in [0.1, 0.15) is 0 Å². The largest absolute Gasteiger partial charge is 0.452 e. The minimum Gasteiger partial charge on any atom is -0.452 e. The van der Waals surface area contributed by atoms with Crippen molar-refractivity contribution < 1.29 is 9.53 Å². The molecule has 1 aromatic heterocycles. The third-order valence-corrected chi connectivity index (χ3v) is 3.15. The zero-order valence-corrected chi connectivity index (χ0v) is 12.5. The highest BCUT2D eigenvalue weighted by Crippen LogP contribution is 2.18. The van der Waals surface area contributed by atoms with E-state index < -0.39 is 6.09 Å². The van der Waals surface area contributed by atoms with Crippen LogP contribution in [0.25, 0.3) is 5.69 Å². The van der Waals surface area contributed by atoms with Crippen LogP contribution in [0.15, 0.2) is 35.4 Å². The molecule has 0 fully saturated rings. The van der Waals surface area contributed by atoms with Gasteiger partial charge in [0.25, 0.3) is 0 Å². The van der Waals surface area contributed by atoms with Gasteiger partial charge in [-0.15, -0.1) is 0 Å². The van der Waals surface area contributed by atoms with E-state index in [1.54, 1.807) is 0 Å². The van der Waals surface area contributed by atoms with Crippen LogP contribution in [0.3, 0.4) is 0 Å². The number of hydrazone groups is 1. The summed E-state index contributed by atoms with van der Waals surface area (Å²) in [7, 11) is 1.30. The fraction of sp³-hybridized carbons (Fsp3) is 0.267. The summed E-state index contributed by atoms with van der Waals surface area (Å²) in [5.41, 5.74) is 6.71. The summed E-state index contributed by atoms with van der Waals surface area (Å²) in [4.78, 5) is 11.1. The van der Waals surface area contributed by atoms with E-state index in [0.717, 1.165) is 22.6 Å². The summed E-state index contributed by atoms with van der Waals surface area (Å²) < 4.78 is 6.36. The Kier molecular flexibility index (Phi) is 4.37. The van der Waals surface area contributed by atoms with E-state index in [4.69, 9.17) is 0 Å². The van der Waals surface area contributed by atoms with Gasteiger partial charge in [0.15, 0.2) is 0 Å². The predicted octanol–water partition coefficient (Wildman–Crippen LogP) is 2.57. The predicted molar refractivity (Wildman–Crippen MR) is 80.8 cm³/mol. The van der Waals surface area contributed by atoms with Crippen molar-refractivity contribution in [2.24, 2.45) is 5.10 Å². The van der Waals surface area contributed by atoms with Crippen LogP contribution in [0.4, 0.5) is 4.79 Å². The normalized spacial score (nSPS) is 11.3. The molecule has 0 saturated heterocycles. The molecule has 21 heavy (non-hydrogen) atoms. The number of aryl methyl sites for hydroxylation is 1. The van der Waals surface area contributed by atoms with Crippen molar-refractivity contribution in [3.05, 3.63) is 47.3 Å². The van der Waals surface area contributed by atoms with Gasteiger partial charge < -0.3 is 4.74 Å². The molecule has 0 aliphatic heterocycles. The molecule has 2 rings (SSSR count). The summed E-state index contributed by atoms with van der Waals surface area (Å²) >= 11 is 0. The first kappa shape index (κ1) is 14.8. The molecule has 0 aliphatic rings. The van der Waals surface area contributed by atoms with Crippen molar-refractivity contribution in [2.75, 3.05) is 7.11 Å². The fourth-order valence-electron chi connectivity index (χ4n) is 2.22. The number of amides is 1. The second kappa shape index (κ2) is 6.21. The highest BCUT2D eigenvalue weighted by Gasteiger charge is 2.15. The molecule has 0 radical (unpaired) electrons. The number of aromatic nitrogens is 2. The van der Waals surface area contributed by atoms with E-state index in [2.05, 4.69) is 20.4 Å². The fourth-order valence-corrected chi connectivity index (χ4v) is 2.22. The summed E-state index contributed by atoms with van der Waals surface area (Å²) in [6.45, 7) is 5.71. The lowest BCUT2D eigenvalue weighted by molar-refractivity contribution is 0.171. The lowest BCUT2D eigenvalue weighted by atomic mass is 10.1. The molecular weight excluding hydrogens is 268 g/mol. The zero-order chi connectivity index (χ0) is 15.4. The van der Waals surface area contributed by atoms with Crippen molar-refractivity contribution in [1.82, 2.24) is 15.2 Å². The third kappa shape index (κ3) is 3.10. The van der Waals surface area contributed by atoms with Crippen molar-refractivity contribution >= 4 is 11.8 Å². The van der Waals surface area contributed by atoms with Gasteiger partial charge in [-0.2, -0.15) is 10.2 Å². The van der Waals surface area contributed by atoms with Crippen LogP contribution in [0.5, 0.6) is 0 Å². The summed E-state index contributed by atoms with van der Waals surface area (Å²) in [6, 6.07) is 9.87. The Morgan fingerprint density at radius 3 is 2.57 bits per heavy atom. The van der Waals surface area contributed by atoms with Gasteiger partial charge >= 0.3 is 6.09 Å². The highest BCUT2D eigenvalue weighted by atomic mass is 16.5. The van der Waals surface area contributed by atoms with Gasteiger partial charge in [0.2, 0.25) is 0 Å². The third-order valence-electron chi connectivity index (χ3n) is 3.15. The maximum absolute atomic E-state index is 11.1. The molecule has 0 aliphatic carbocycles. The minimum atomic E-state index is -0.597. The lowest BCUT2D eigenvalue weighted by Crippen LogP contribution is -2.19. The second-order valence-corrected chi connectivity index (χ2v) is 4.59. The molecule has 0 atom stereocenters. The van der Waals surface area contributed by atoms with Crippen LogP contribution in [0.2, 0.25) is 0 Å². The molecular formula is C15H18N4O2. The topological polar surface area (TPSA) is 68.5 Å². The Hall–Kier alpha value is -2.63. The van der Waals surface area contributed by atoms with Gasteiger partial charge in [-0.05, 0) is 32.9 Å². The number of hydrogen-bond acceptors (Lipinski definition) is 4. The van der Waals surface area contributed by atoms with Gasteiger partial charge in [0.05, 0.1) is 29.9 Å². The van der Waals surface area contributed by atoms with Crippen molar-refractivity contribution in [1.29, 1.82) is 0 Å². The first-order chi connectivity index (χ1) is 10.0. The summed E-state index contributed by atoms with van der Waals surface area (Å²) in [5, 5.41) is 8.57. The molecule has 110 valence electrons. The average Bonchev–Trinajstić information content (AvgIpc) is 2.80. The Morgan fingerprint density at radius 1 is 1.29 bits per heavy atom. The molecule has 0 bridgehead atoms. The number of hydrogen-bond donors (Lipinski definition) is 1. The van der Waals surface area contributed by atoms with Crippen LogP contribution in [-0.2, 0) is 4.74 Å². The Balaban J connectivity index is 2.38. The molecule has 0 spiro atoms. The molecule has 1 heterocycles. The number of para-hydroxylation sites is 1. The number of carbonyl (C=O) groups excluding carboxylic acids is 1. The smallest absolute Gasteiger partial charge is 0.427 e. The number of benzene rings is 1. The average molecular weight is 286 g/mol. The molecule has 1 amide bonds. The van der Waals surface area contributed by atoms with Gasteiger partial charge in [-0.3, -0.25) is 0 Å². The second-order valence-electron chi connectivity index (χ2n) is 4.59. The maximum Gasteiger partial charge on any atom is 0.427 e. The molecule has 0 unspecified atom stereocenters. The first-order valence-corrected chi connectivity index (χ1v) is 6.55. The van der Waals surface area contributed by atoms with E-state index >= 15 is 0 Å². The van der Waals surface area contributed by atoms with E-state index in [-0.39, 0.29) is 0 Å². The summed E-state index contributed by atoms with van der Waals surface area (Å²) in [5.74, 6) is 0. The highest BCUT2D eigenvalue weighted by molar-refractivity contribution is 6.01. The monoisotopic (exact) mass is 286 g/mol. The van der Waals surface area contributed by atoms with Crippen LogP contribution in [0, 0.1) is 13.8 Å². The molecule has 2 aromatic rings. The van der Waals surface area contributed by atoms with Crippen LogP contribution in [0.1, 0.15) is 23.9 Å². The maximum atomic E-state index is 11.1. The number of nitrogens with zero attached hydrogens (tertiary/aromatic N) is 3. The van der Waals surface area contributed by atoms with E-state index in [9.17, 15) is 4.79 Å². The van der Waals surface area contributed by atoms with Crippen LogP contribution >= 0.6 is 0 Å². The molecule has 6 heteroatoms. The first-order valence-electron chi connectivity index (χ1n) is 6.55. The minimum absolute atomic E-state index is 0.597. The SMILES string of the molecule is COC(=O)N/N=C(/C)c1c(C)nn(-c2ccccc2)c1C. The summed E-state index contributed by atoms with van der Waals surface area (Å²) in [6.07, 6.45) is -0.597. The van der Waals surface area contributed by atoms with Crippen LogP contribution in [-0.4, -0.2) is 28.7 Å². The number of ether oxygens (including phenoxy) is 1. The molecule has 0 saturated carbocycles. The Bertz CT molecular complexity index is 674. The molecule has 1 N–H and O–H groups in total. The van der Waals surface area contributed by atoms with Crippen molar-refractivity contribution in [3.63, 3.8) is 0 Å². The molecule has 1 aromatic carbocycles.